The van der Waals surface area contributed by atoms with Gasteiger partial charge in [0, 0.05) is 29.8 Å². The fourth-order valence-electron chi connectivity index (χ4n) is 3.98. The fourth-order valence-corrected chi connectivity index (χ4v) is 3.98. The minimum absolute atomic E-state index is 0.0393. The number of benzene rings is 1. The Morgan fingerprint density at radius 2 is 1.58 bits per heavy atom. The van der Waals surface area contributed by atoms with Crippen molar-refractivity contribution in [2.75, 3.05) is 19.5 Å². The van der Waals surface area contributed by atoms with Crippen molar-refractivity contribution in [2.45, 2.75) is 33.1 Å². The number of anilines is 1. The lowest BCUT2D eigenvalue weighted by Crippen LogP contribution is -2.44. The van der Waals surface area contributed by atoms with Crippen LogP contribution in [0.25, 0.3) is 0 Å². The van der Waals surface area contributed by atoms with Crippen LogP contribution < -0.4 is 10.6 Å². The number of Topliss-reactive ketones (excluding diaryl/α,β-unsaturated/α-hetero) is 1. The molecule has 0 bridgehead atoms. The third-order valence-electron chi connectivity index (χ3n) is 5.31. The summed E-state index contributed by atoms with van der Waals surface area (Å²) in [4.78, 5) is 62.0. The van der Waals surface area contributed by atoms with Crippen molar-refractivity contribution in [3.63, 3.8) is 0 Å². The summed E-state index contributed by atoms with van der Waals surface area (Å²) in [5.74, 6) is -3.46. The van der Waals surface area contributed by atoms with Gasteiger partial charge in [-0.1, -0.05) is 13.8 Å². The number of ketones is 1. The molecule has 1 aromatic carbocycles. The Balaban J connectivity index is 1.95. The molecule has 0 unspecified atom stereocenters. The van der Waals surface area contributed by atoms with E-state index in [4.69, 9.17) is 9.47 Å². The Labute approximate surface area is 179 Å². The second-order valence-corrected chi connectivity index (χ2v) is 8.41. The monoisotopic (exact) mass is 428 g/mol. The molecule has 0 spiro atoms. The normalized spacial score (nSPS) is 19.8. The van der Waals surface area contributed by atoms with Crippen molar-refractivity contribution in [1.29, 1.82) is 0 Å². The van der Waals surface area contributed by atoms with Gasteiger partial charge in [-0.15, -0.1) is 0 Å². The smallest absolute Gasteiger partial charge is 0.337 e. The number of hydrogen-bond donors (Lipinski definition) is 2. The van der Waals surface area contributed by atoms with Gasteiger partial charge in [-0.25, -0.2) is 9.59 Å². The summed E-state index contributed by atoms with van der Waals surface area (Å²) < 4.78 is 9.38. The standard InChI is InChI=1S/C22H24N2O7/c1-22(2)9-15-18(16(25)10-22)14(8-17(26)24-15)19(27)23-13-6-11(20(28)30-3)5-12(7-13)21(29)31-4/h5-7,14H,8-10H2,1-4H3,(H,23,27)(H,24,26)/t14-/m0/s1. The van der Waals surface area contributed by atoms with E-state index in [0.717, 1.165) is 0 Å². The average Bonchev–Trinajstić information content (AvgIpc) is 2.70. The molecule has 1 aliphatic carbocycles. The molecule has 9 nitrogen and oxygen atoms in total. The molecule has 0 saturated carbocycles. The number of methoxy groups -OCH3 is 2. The second kappa shape index (κ2) is 8.33. The summed E-state index contributed by atoms with van der Waals surface area (Å²) in [6.07, 6.45) is 0.584. The first kappa shape index (κ1) is 22.2. The lowest BCUT2D eigenvalue weighted by Gasteiger charge is -2.37. The first-order valence-electron chi connectivity index (χ1n) is 9.73. The largest absolute Gasteiger partial charge is 0.465 e. The maximum atomic E-state index is 13.1. The average molecular weight is 428 g/mol. The lowest BCUT2D eigenvalue weighted by atomic mass is 9.71. The number of nitrogens with one attached hydrogen (secondary N) is 2. The first-order chi connectivity index (χ1) is 14.5. The van der Waals surface area contributed by atoms with Gasteiger partial charge in [-0.2, -0.15) is 0 Å². The van der Waals surface area contributed by atoms with E-state index in [-0.39, 0.29) is 46.8 Å². The summed E-state index contributed by atoms with van der Waals surface area (Å²) in [7, 11) is 2.38. The van der Waals surface area contributed by atoms with E-state index in [1.165, 1.54) is 32.4 Å². The molecule has 2 aliphatic rings. The molecular formula is C22H24N2O7. The van der Waals surface area contributed by atoms with Crippen molar-refractivity contribution in [2.24, 2.45) is 11.3 Å². The molecule has 0 fully saturated rings. The zero-order valence-electron chi connectivity index (χ0n) is 17.8. The molecule has 9 heteroatoms. The van der Waals surface area contributed by atoms with Gasteiger partial charge in [-0.05, 0) is 30.0 Å². The first-order valence-corrected chi connectivity index (χ1v) is 9.73. The summed E-state index contributed by atoms with van der Waals surface area (Å²) in [5, 5.41) is 5.36. The van der Waals surface area contributed by atoms with E-state index >= 15 is 0 Å². The third-order valence-corrected chi connectivity index (χ3v) is 5.31. The van der Waals surface area contributed by atoms with Crippen LogP contribution in [0.4, 0.5) is 5.69 Å². The second-order valence-electron chi connectivity index (χ2n) is 8.41. The van der Waals surface area contributed by atoms with Gasteiger partial charge in [0.25, 0.3) is 0 Å². The molecule has 1 aromatic rings. The topological polar surface area (TPSA) is 128 Å². The molecule has 2 amide bonds. The number of hydrogen-bond acceptors (Lipinski definition) is 7. The van der Waals surface area contributed by atoms with E-state index in [9.17, 15) is 24.0 Å². The molecule has 3 rings (SSSR count). The Morgan fingerprint density at radius 1 is 1.00 bits per heavy atom. The number of rotatable bonds is 4. The number of carbonyl (C=O) groups is 5. The summed E-state index contributed by atoms with van der Waals surface area (Å²) in [5.41, 5.74) is 0.705. The minimum atomic E-state index is -0.962. The Hall–Kier alpha value is -3.49. The number of carbonyl (C=O) groups excluding carboxylic acids is 5. The van der Waals surface area contributed by atoms with Crippen LogP contribution in [-0.2, 0) is 23.9 Å². The summed E-state index contributed by atoms with van der Waals surface area (Å²) in [6, 6.07) is 3.98. The zero-order valence-corrected chi connectivity index (χ0v) is 17.8. The molecule has 0 aromatic heterocycles. The van der Waals surface area contributed by atoms with E-state index in [0.29, 0.717) is 17.7 Å². The molecule has 1 atom stereocenters. The molecular weight excluding hydrogens is 404 g/mol. The quantitative estimate of drug-likeness (QED) is 0.702. The van der Waals surface area contributed by atoms with Gasteiger partial charge >= 0.3 is 11.9 Å². The minimum Gasteiger partial charge on any atom is -0.465 e. The molecule has 1 heterocycles. The van der Waals surface area contributed by atoms with Crippen LogP contribution >= 0.6 is 0 Å². The number of esters is 2. The summed E-state index contributed by atoms with van der Waals surface area (Å²) in [6.45, 7) is 3.86. The predicted molar refractivity (Wildman–Crippen MR) is 109 cm³/mol. The van der Waals surface area contributed by atoms with Gasteiger partial charge in [-0.3, -0.25) is 14.4 Å². The van der Waals surface area contributed by atoms with Crippen molar-refractivity contribution in [1.82, 2.24) is 5.32 Å². The van der Waals surface area contributed by atoms with Crippen molar-refractivity contribution < 1.29 is 33.4 Å². The van der Waals surface area contributed by atoms with Crippen molar-refractivity contribution >= 4 is 35.2 Å². The van der Waals surface area contributed by atoms with Gasteiger partial charge in [0.05, 0.1) is 31.3 Å². The van der Waals surface area contributed by atoms with E-state index < -0.39 is 23.8 Å². The number of allylic oxidation sites excluding steroid dienone is 1. The predicted octanol–water partition coefficient (Wildman–Crippen LogP) is 1.98. The van der Waals surface area contributed by atoms with Crippen LogP contribution in [0.1, 0.15) is 53.8 Å². The van der Waals surface area contributed by atoms with Gasteiger partial charge in [0.15, 0.2) is 5.78 Å². The van der Waals surface area contributed by atoms with Gasteiger partial charge in [0.2, 0.25) is 11.8 Å². The van der Waals surface area contributed by atoms with Crippen LogP contribution in [-0.4, -0.2) is 43.8 Å². The maximum Gasteiger partial charge on any atom is 0.337 e. The van der Waals surface area contributed by atoms with Gasteiger partial charge < -0.3 is 20.1 Å². The number of amides is 2. The van der Waals surface area contributed by atoms with Crippen LogP contribution in [0.5, 0.6) is 0 Å². The van der Waals surface area contributed by atoms with Crippen molar-refractivity contribution in [3.8, 4) is 0 Å². The van der Waals surface area contributed by atoms with Crippen LogP contribution in [0.3, 0.4) is 0 Å². The molecule has 164 valence electrons. The summed E-state index contributed by atoms with van der Waals surface area (Å²) >= 11 is 0. The molecule has 0 radical (unpaired) electrons. The molecule has 2 N–H and O–H groups in total. The Morgan fingerprint density at radius 3 is 2.13 bits per heavy atom. The highest BCUT2D eigenvalue weighted by Gasteiger charge is 2.42. The van der Waals surface area contributed by atoms with Crippen molar-refractivity contribution in [3.05, 3.63) is 40.6 Å². The molecule has 0 saturated heterocycles. The van der Waals surface area contributed by atoms with E-state index in [2.05, 4.69) is 10.6 Å². The highest BCUT2D eigenvalue weighted by atomic mass is 16.5. The Bertz CT molecular complexity index is 988. The highest BCUT2D eigenvalue weighted by Crippen LogP contribution is 2.40. The van der Waals surface area contributed by atoms with Gasteiger partial charge in [0.1, 0.15) is 0 Å². The highest BCUT2D eigenvalue weighted by molar-refractivity contribution is 6.09. The lowest BCUT2D eigenvalue weighted by molar-refractivity contribution is -0.129. The number of ether oxygens (including phenoxy) is 2. The Kier molecular flexibility index (Phi) is 5.97. The van der Waals surface area contributed by atoms with Crippen LogP contribution in [0.15, 0.2) is 29.5 Å². The third kappa shape index (κ3) is 4.65. The molecule has 31 heavy (non-hydrogen) atoms. The van der Waals surface area contributed by atoms with Crippen LogP contribution in [0, 0.1) is 11.3 Å². The SMILES string of the molecule is COC(=O)c1cc(NC(=O)[C@H]2CC(=O)NC3=C2C(=O)CC(C)(C)C3)cc(C(=O)OC)c1. The maximum absolute atomic E-state index is 13.1. The van der Waals surface area contributed by atoms with Crippen LogP contribution in [0.2, 0.25) is 0 Å². The molecule has 1 aliphatic heterocycles. The zero-order chi connectivity index (χ0) is 22.9. The fraction of sp³-hybridized carbons (Fsp3) is 0.409. The van der Waals surface area contributed by atoms with E-state index in [1.54, 1.807) is 0 Å². The van der Waals surface area contributed by atoms with E-state index in [1.807, 2.05) is 13.8 Å².